The van der Waals surface area contributed by atoms with Crippen molar-refractivity contribution in [3.63, 3.8) is 0 Å². The van der Waals surface area contributed by atoms with E-state index >= 15 is 0 Å². The van der Waals surface area contributed by atoms with Gasteiger partial charge in [-0.05, 0) is 12.8 Å². The molecule has 5 N–H and O–H groups in total. The third-order valence-electron chi connectivity index (χ3n) is 3.31. The normalized spacial score (nSPS) is 18.1. The Morgan fingerprint density at radius 1 is 1.61 bits per heavy atom. The number of carbonyl (C=O) groups excluding carboxylic acids is 1. The molecule has 2 rings (SSSR count). The molecule has 1 atom stereocenters. The molecule has 98 valence electrons. The first-order valence-electron chi connectivity index (χ1n) is 5.78. The third kappa shape index (κ3) is 2.51. The maximum absolute atomic E-state index is 11.9. The summed E-state index contributed by atoms with van der Waals surface area (Å²) in [6.45, 7) is 0.259. The molecule has 7 heteroatoms. The minimum Gasteiger partial charge on any atom is -0.480 e. The quantitative estimate of drug-likeness (QED) is 0.531. The smallest absolute Gasteiger partial charge is 0.326 e. The largest absolute Gasteiger partial charge is 0.480 e. The summed E-state index contributed by atoms with van der Waals surface area (Å²) >= 11 is 0. The van der Waals surface area contributed by atoms with Gasteiger partial charge in [-0.2, -0.15) is 0 Å². The number of aromatic amines is 1. The lowest BCUT2D eigenvalue weighted by Gasteiger charge is -2.18. The molecule has 1 aromatic rings. The molecule has 1 unspecified atom stereocenters. The molecule has 1 aromatic heterocycles. The maximum atomic E-state index is 11.9. The number of rotatable bonds is 6. The molecule has 0 bridgehead atoms. The van der Waals surface area contributed by atoms with Crippen LogP contribution in [-0.4, -0.2) is 39.5 Å². The highest BCUT2D eigenvalue weighted by Gasteiger charge is 2.49. The average Bonchev–Trinajstić information content (AvgIpc) is 2.99. The molecule has 1 aliphatic rings. The summed E-state index contributed by atoms with van der Waals surface area (Å²) in [5, 5.41) is 11.6. The van der Waals surface area contributed by atoms with E-state index in [1.54, 1.807) is 0 Å². The number of carboxylic acid groups (broad SMARTS) is 1. The van der Waals surface area contributed by atoms with Crippen LogP contribution in [0.25, 0.3) is 0 Å². The number of imidazole rings is 1. The predicted molar refractivity (Wildman–Crippen MR) is 62.6 cm³/mol. The number of hydrogen-bond donors (Lipinski definition) is 4. The van der Waals surface area contributed by atoms with E-state index in [0.717, 1.165) is 12.8 Å². The fourth-order valence-corrected chi connectivity index (χ4v) is 1.80. The molecule has 0 aliphatic heterocycles. The first-order valence-corrected chi connectivity index (χ1v) is 5.78. The van der Waals surface area contributed by atoms with Gasteiger partial charge in [0.05, 0.1) is 11.7 Å². The van der Waals surface area contributed by atoms with Gasteiger partial charge < -0.3 is 21.1 Å². The van der Waals surface area contributed by atoms with Crippen molar-refractivity contribution in [2.24, 2.45) is 11.1 Å². The van der Waals surface area contributed by atoms with Crippen molar-refractivity contribution in [3.05, 3.63) is 18.2 Å². The molecule has 18 heavy (non-hydrogen) atoms. The topological polar surface area (TPSA) is 121 Å². The van der Waals surface area contributed by atoms with Crippen LogP contribution in [0.4, 0.5) is 0 Å². The van der Waals surface area contributed by atoms with E-state index in [1.807, 2.05) is 0 Å². The van der Waals surface area contributed by atoms with Crippen LogP contribution in [0, 0.1) is 5.41 Å². The summed E-state index contributed by atoms with van der Waals surface area (Å²) in [6, 6.07) is -0.957. The van der Waals surface area contributed by atoms with Crippen LogP contribution in [0.1, 0.15) is 18.5 Å². The number of H-pyrrole nitrogens is 1. The summed E-state index contributed by atoms with van der Waals surface area (Å²) in [4.78, 5) is 29.7. The van der Waals surface area contributed by atoms with Gasteiger partial charge in [0.15, 0.2) is 0 Å². The first kappa shape index (κ1) is 12.6. The van der Waals surface area contributed by atoms with E-state index in [1.165, 1.54) is 12.5 Å². The van der Waals surface area contributed by atoms with Gasteiger partial charge in [0.1, 0.15) is 6.04 Å². The molecular formula is C11H16N4O3. The van der Waals surface area contributed by atoms with Gasteiger partial charge in [0, 0.05) is 24.9 Å². The number of carboxylic acids is 1. The fourth-order valence-electron chi connectivity index (χ4n) is 1.80. The second-order valence-corrected chi connectivity index (χ2v) is 4.63. The highest BCUT2D eigenvalue weighted by molar-refractivity contribution is 5.89. The third-order valence-corrected chi connectivity index (χ3v) is 3.31. The SMILES string of the molecule is NCC1(C(=O)NC(Cc2cnc[nH]2)C(=O)O)CC1. The molecule has 0 saturated heterocycles. The molecule has 1 fully saturated rings. The molecule has 7 nitrogen and oxygen atoms in total. The number of aromatic nitrogens is 2. The van der Waals surface area contributed by atoms with Gasteiger partial charge >= 0.3 is 5.97 Å². The lowest BCUT2D eigenvalue weighted by Crippen LogP contribution is -2.47. The summed E-state index contributed by atoms with van der Waals surface area (Å²) in [5.41, 5.74) is 5.66. The standard InChI is InChI=1S/C11H16N4O3/c12-5-11(1-2-11)10(18)15-8(9(16)17)3-7-4-13-6-14-7/h4,6,8H,1-3,5,12H2,(H,13,14)(H,15,18)(H,16,17). The zero-order chi connectivity index (χ0) is 13.2. The van der Waals surface area contributed by atoms with Gasteiger partial charge in [-0.1, -0.05) is 0 Å². The van der Waals surface area contributed by atoms with Crippen molar-refractivity contribution in [1.29, 1.82) is 0 Å². The van der Waals surface area contributed by atoms with E-state index in [9.17, 15) is 9.59 Å². The van der Waals surface area contributed by atoms with E-state index in [4.69, 9.17) is 10.8 Å². The van der Waals surface area contributed by atoms with Crippen LogP contribution in [0.2, 0.25) is 0 Å². The van der Waals surface area contributed by atoms with Crippen molar-refractivity contribution >= 4 is 11.9 Å². The number of amides is 1. The highest BCUT2D eigenvalue weighted by atomic mass is 16.4. The van der Waals surface area contributed by atoms with Crippen molar-refractivity contribution in [3.8, 4) is 0 Å². The Labute approximate surface area is 104 Å². The molecule has 0 spiro atoms. The minimum absolute atomic E-state index is 0.182. The fraction of sp³-hybridized carbons (Fsp3) is 0.545. The summed E-state index contributed by atoms with van der Waals surface area (Å²) in [7, 11) is 0. The average molecular weight is 252 g/mol. The molecule has 0 radical (unpaired) electrons. The van der Waals surface area contributed by atoms with Crippen molar-refractivity contribution in [2.75, 3.05) is 6.54 Å². The number of nitrogens with zero attached hydrogens (tertiary/aromatic N) is 1. The summed E-state index contributed by atoms with van der Waals surface area (Å²) < 4.78 is 0. The molecule has 0 aromatic carbocycles. The maximum Gasteiger partial charge on any atom is 0.326 e. The zero-order valence-electron chi connectivity index (χ0n) is 9.85. The van der Waals surface area contributed by atoms with Crippen molar-refractivity contribution in [2.45, 2.75) is 25.3 Å². The second kappa shape index (κ2) is 4.77. The van der Waals surface area contributed by atoms with Gasteiger partial charge in [0.2, 0.25) is 5.91 Å². The van der Waals surface area contributed by atoms with Crippen LogP contribution in [0.15, 0.2) is 12.5 Å². The van der Waals surface area contributed by atoms with Gasteiger partial charge in [0.25, 0.3) is 0 Å². The van der Waals surface area contributed by atoms with Crippen LogP contribution in [-0.2, 0) is 16.0 Å². The van der Waals surface area contributed by atoms with Crippen molar-refractivity contribution in [1.82, 2.24) is 15.3 Å². The molecule has 1 heterocycles. The molecule has 1 aliphatic carbocycles. The molecular weight excluding hydrogens is 236 g/mol. The predicted octanol–water partition coefficient (Wildman–Crippen LogP) is -0.739. The van der Waals surface area contributed by atoms with Crippen LogP contribution >= 0.6 is 0 Å². The van der Waals surface area contributed by atoms with Gasteiger partial charge in [-0.15, -0.1) is 0 Å². The Balaban J connectivity index is 1.98. The van der Waals surface area contributed by atoms with Crippen LogP contribution in [0.5, 0.6) is 0 Å². The van der Waals surface area contributed by atoms with E-state index in [0.29, 0.717) is 5.69 Å². The van der Waals surface area contributed by atoms with Crippen molar-refractivity contribution < 1.29 is 14.7 Å². The molecule has 1 amide bonds. The number of hydrogen-bond acceptors (Lipinski definition) is 4. The Bertz CT molecular complexity index is 439. The minimum atomic E-state index is -1.06. The number of nitrogens with two attached hydrogens (primary N) is 1. The second-order valence-electron chi connectivity index (χ2n) is 4.63. The Kier molecular flexibility index (Phi) is 3.33. The first-order chi connectivity index (χ1) is 8.57. The number of nitrogens with one attached hydrogen (secondary N) is 2. The lowest BCUT2D eigenvalue weighted by atomic mass is 10.1. The Morgan fingerprint density at radius 2 is 2.33 bits per heavy atom. The summed E-state index contributed by atoms with van der Waals surface area (Å²) in [5.74, 6) is -1.33. The van der Waals surface area contributed by atoms with E-state index in [2.05, 4.69) is 15.3 Å². The number of aliphatic carboxylic acids is 1. The Hall–Kier alpha value is -1.89. The van der Waals surface area contributed by atoms with Gasteiger partial charge in [-0.3, -0.25) is 4.79 Å². The number of carbonyl (C=O) groups is 2. The Morgan fingerprint density at radius 3 is 2.78 bits per heavy atom. The van der Waals surface area contributed by atoms with Crippen LogP contribution in [0.3, 0.4) is 0 Å². The lowest BCUT2D eigenvalue weighted by molar-refractivity contribution is -0.142. The van der Waals surface area contributed by atoms with E-state index in [-0.39, 0.29) is 18.9 Å². The summed E-state index contributed by atoms with van der Waals surface area (Å²) in [6.07, 6.45) is 4.65. The zero-order valence-corrected chi connectivity index (χ0v) is 9.85. The van der Waals surface area contributed by atoms with E-state index < -0.39 is 17.4 Å². The highest BCUT2D eigenvalue weighted by Crippen LogP contribution is 2.44. The van der Waals surface area contributed by atoms with Crippen LogP contribution < -0.4 is 11.1 Å². The van der Waals surface area contributed by atoms with Gasteiger partial charge in [-0.25, -0.2) is 9.78 Å². The monoisotopic (exact) mass is 252 g/mol. The molecule has 1 saturated carbocycles.